The molecule has 0 aliphatic carbocycles. The van der Waals surface area contributed by atoms with Gasteiger partial charge in [-0.3, -0.25) is 0 Å². The highest BCUT2D eigenvalue weighted by Gasteiger charge is 2.10. The number of rotatable bonds is 7. The van der Waals surface area contributed by atoms with Gasteiger partial charge >= 0.3 is 0 Å². The van der Waals surface area contributed by atoms with Crippen molar-refractivity contribution in [3.63, 3.8) is 0 Å². The summed E-state index contributed by atoms with van der Waals surface area (Å²) in [4.78, 5) is 0. The summed E-state index contributed by atoms with van der Waals surface area (Å²) in [6, 6.07) is 3.96. The van der Waals surface area contributed by atoms with Crippen LogP contribution in [-0.2, 0) is 5.75 Å². The van der Waals surface area contributed by atoms with E-state index >= 15 is 0 Å². The van der Waals surface area contributed by atoms with Crippen molar-refractivity contribution in [2.45, 2.75) is 12.7 Å². The molecule has 0 radical (unpaired) electrons. The van der Waals surface area contributed by atoms with Crippen molar-refractivity contribution in [2.75, 3.05) is 26.5 Å². The molecule has 0 heterocycles. The highest BCUT2D eigenvalue weighted by molar-refractivity contribution is 9.10. The van der Waals surface area contributed by atoms with Crippen LogP contribution in [0.15, 0.2) is 16.6 Å². The molecular weight excluding hydrogens is 314 g/mol. The number of hydrogen-bond donors (Lipinski definition) is 1. The molecule has 1 rings (SSSR count). The van der Waals surface area contributed by atoms with Crippen LogP contribution in [0.1, 0.15) is 12.5 Å². The van der Waals surface area contributed by atoms with Crippen LogP contribution in [0.4, 0.5) is 0 Å². The molecule has 0 saturated carbocycles. The standard InChI is InChI=1S/C13H20BrNO2S/c1-9(6-15)7-18-8-10-4-13(17-3)11(14)5-12(10)16-2/h4-5,9H,6-8,15H2,1-3H3. The van der Waals surface area contributed by atoms with E-state index in [0.717, 1.165) is 39.6 Å². The lowest BCUT2D eigenvalue weighted by atomic mass is 10.2. The van der Waals surface area contributed by atoms with Crippen LogP contribution in [0.5, 0.6) is 11.5 Å². The van der Waals surface area contributed by atoms with Gasteiger partial charge in [-0.1, -0.05) is 6.92 Å². The maximum Gasteiger partial charge on any atom is 0.133 e. The van der Waals surface area contributed by atoms with Crippen LogP contribution in [-0.4, -0.2) is 26.5 Å². The molecule has 1 unspecified atom stereocenters. The molecule has 2 N–H and O–H groups in total. The first-order chi connectivity index (χ1) is 8.62. The molecule has 0 amide bonds. The lowest BCUT2D eigenvalue weighted by Crippen LogP contribution is -2.12. The first-order valence-electron chi connectivity index (χ1n) is 5.80. The normalized spacial score (nSPS) is 12.3. The summed E-state index contributed by atoms with van der Waals surface area (Å²) in [5, 5.41) is 0. The molecule has 1 aromatic carbocycles. The zero-order chi connectivity index (χ0) is 13.5. The predicted molar refractivity (Wildman–Crippen MR) is 81.6 cm³/mol. The molecule has 3 nitrogen and oxygen atoms in total. The van der Waals surface area contributed by atoms with Crippen molar-refractivity contribution in [3.8, 4) is 11.5 Å². The predicted octanol–water partition coefficient (Wildman–Crippen LogP) is 3.29. The monoisotopic (exact) mass is 333 g/mol. The summed E-state index contributed by atoms with van der Waals surface area (Å²) >= 11 is 5.32. The number of thioether (sulfide) groups is 1. The summed E-state index contributed by atoms with van der Waals surface area (Å²) in [5.41, 5.74) is 6.75. The fraction of sp³-hybridized carbons (Fsp3) is 0.538. The maximum absolute atomic E-state index is 5.61. The van der Waals surface area contributed by atoms with E-state index < -0.39 is 0 Å². The van der Waals surface area contributed by atoms with Gasteiger partial charge in [0.2, 0.25) is 0 Å². The summed E-state index contributed by atoms with van der Waals surface area (Å²) in [7, 11) is 3.35. The van der Waals surface area contributed by atoms with Gasteiger partial charge in [-0.2, -0.15) is 11.8 Å². The van der Waals surface area contributed by atoms with Crippen molar-refractivity contribution >= 4 is 27.7 Å². The Kier molecular flexibility index (Phi) is 6.89. The molecule has 0 fully saturated rings. The van der Waals surface area contributed by atoms with E-state index in [-0.39, 0.29) is 0 Å². The van der Waals surface area contributed by atoms with E-state index in [1.165, 1.54) is 0 Å². The molecule has 0 bridgehead atoms. The van der Waals surface area contributed by atoms with Gasteiger partial charge in [0.05, 0.1) is 18.7 Å². The second kappa shape index (κ2) is 7.92. The third-order valence-electron chi connectivity index (χ3n) is 2.62. The summed E-state index contributed by atoms with van der Waals surface area (Å²) in [5.74, 6) is 4.21. The smallest absolute Gasteiger partial charge is 0.133 e. The summed E-state index contributed by atoms with van der Waals surface area (Å²) < 4.78 is 11.6. The molecule has 1 atom stereocenters. The van der Waals surface area contributed by atoms with Crippen molar-refractivity contribution in [1.29, 1.82) is 0 Å². The molecule has 0 spiro atoms. The third kappa shape index (κ3) is 4.37. The highest BCUT2D eigenvalue weighted by Crippen LogP contribution is 2.34. The minimum Gasteiger partial charge on any atom is -0.496 e. The van der Waals surface area contributed by atoms with Gasteiger partial charge in [-0.25, -0.2) is 0 Å². The Labute approximate surface area is 122 Å². The molecule has 0 saturated heterocycles. The largest absolute Gasteiger partial charge is 0.496 e. The molecule has 5 heteroatoms. The minimum absolute atomic E-state index is 0.540. The van der Waals surface area contributed by atoms with Gasteiger partial charge in [0.25, 0.3) is 0 Å². The number of nitrogens with two attached hydrogens (primary N) is 1. The lowest BCUT2D eigenvalue weighted by molar-refractivity contribution is 0.398. The number of hydrogen-bond acceptors (Lipinski definition) is 4. The second-order valence-corrected chi connectivity index (χ2v) is 6.04. The van der Waals surface area contributed by atoms with Gasteiger partial charge in [0.1, 0.15) is 11.5 Å². The van der Waals surface area contributed by atoms with Gasteiger partial charge in [0.15, 0.2) is 0 Å². The van der Waals surface area contributed by atoms with E-state index in [4.69, 9.17) is 15.2 Å². The SMILES string of the molecule is COc1cc(CSCC(C)CN)c(OC)cc1Br. The Morgan fingerprint density at radius 2 is 1.94 bits per heavy atom. The molecule has 102 valence electrons. The fourth-order valence-electron chi connectivity index (χ4n) is 1.47. The molecule has 0 aliphatic heterocycles. The molecule has 0 aliphatic rings. The van der Waals surface area contributed by atoms with Crippen molar-refractivity contribution < 1.29 is 9.47 Å². The maximum atomic E-state index is 5.61. The topological polar surface area (TPSA) is 44.5 Å². The number of halogens is 1. The molecule has 0 aromatic heterocycles. The summed E-state index contributed by atoms with van der Waals surface area (Å²) in [6.07, 6.45) is 0. The van der Waals surface area contributed by atoms with Crippen molar-refractivity contribution in [2.24, 2.45) is 11.7 Å². The van der Waals surface area contributed by atoms with Crippen LogP contribution in [0.3, 0.4) is 0 Å². The average molecular weight is 334 g/mol. The van der Waals surface area contributed by atoms with Gasteiger partial charge in [0, 0.05) is 11.3 Å². The highest BCUT2D eigenvalue weighted by atomic mass is 79.9. The Bertz CT molecular complexity index is 387. The molecular formula is C13H20BrNO2S. The average Bonchev–Trinajstić information content (AvgIpc) is 2.39. The first kappa shape index (κ1) is 15.7. The van der Waals surface area contributed by atoms with Crippen molar-refractivity contribution in [3.05, 3.63) is 22.2 Å². The van der Waals surface area contributed by atoms with E-state index in [2.05, 4.69) is 22.9 Å². The van der Waals surface area contributed by atoms with Crippen LogP contribution in [0.25, 0.3) is 0 Å². The number of benzene rings is 1. The van der Waals surface area contributed by atoms with E-state index in [1.807, 2.05) is 23.9 Å². The van der Waals surface area contributed by atoms with Gasteiger partial charge in [-0.15, -0.1) is 0 Å². The van der Waals surface area contributed by atoms with Gasteiger partial charge in [-0.05, 0) is 46.3 Å². The number of ether oxygens (including phenoxy) is 2. The quantitative estimate of drug-likeness (QED) is 0.831. The Morgan fingerprint density at radius 1 is 1.28 bits per heavy atom. The van der Waals surface area contributed by atoms with E-state index in [9.17, 15) is 0 Å². The van der Waals surface area contributed by atoms with E-state index in [0.29, 0.717) is 5.92 Å². The van der Waals surface area contributed by atoms with Crippen molar-refractivity contribution in [1.82, 2.24) is 0 Å². The number of methoxy groups -OCH3 is 2. The van der Waals surface area contributed by atoms with Crippen LogP contribution in [0, 0.1) is 5.92 Å². The second-order valence-electron chi connectivity index (χ2n) is 4.15. The molecule has 18 heavy (non-hydrogen) atoms. The zero-order valence-electron chi connectivity index (χ0n) is 11.0. The van der Waals surface area contributed by atoms with E-state index in [1.54, 1.807) is 14.2 Å². The van der Waals surface area contributed by atoms with Crippen LogP contribution < -0.4 is 15.2 Å². The van der Waals surface area contributed by atoms with Crippen LogP contribution >= 0.6 is 27.7 Å². The van der Waals surface area contributed by atoms with Crippen LogP contribution in [0.2, 0.25) is 0 Å². The Balaban J connectivity index is 2.74. The minimum atomic E-state index is 0.540. The fourth-order valence-corrected chi connectivity index (χ4v) is 3.06. The zero-order valence-corrected chi connectivity index (χ0v) is 13.4. The lowest BCUT2D eigenvalue weighted by Gasteiger charge is -2.13. The Morgan fingerprint density at radius 3 is 2.50 bits per heavy atom. The third-order valence-corrected chi connectivity index (χ3v) is 4.56. The first-order valence-corrected chi connectivity index (χ1v) is 7.75. The molecule has 1 aromatic rings. The van der Waals surface area contributed by atoms with Gasteiger partial charge < -0.3 is 15.2 Å². The Hall–Kier alpha value is -0.390. The summed E-state index contributed by atoms with van der Waals surface area (Å²) in [6.45, 7) is 2.89.